The summed E-state index contributed by atoms with van der Waals surface area (Å²) >= 11 is 5.48. The molecule has 0 aromatic heterocycles. The minimum Gasteiger partial charge on any atom is -0.378 e. The van der Waals surface area contributed by atoms with E-state index in [4.69, 9.17) is 12.2 Å². The second kappa shape index (κ2) is 4.85. The Hall–Kier alpha value is -1.55. The van der Waals surface area contributed by atoms with Crippen LogP contribution in [0, 0.1) is 0 Å². The first kappa shape index (κ1) is 13.9. The molecule has 1 aliphatic rings. The van der Waals surface area contributed by atoms with E-state index in [0.717, 1.165) is 16.5 Å². The lowest BCUT2D eigenvalue weighted by atomic mass is 10.0. The van der Waals surface area contributed by atoms with Crippen LogP contribution in [0.5, 0.6) is 0 Å². The van der Waals surface area contributed by atoms with E-state index < -0.39 is 0 Å². The van der Waals surface area contributed by atoms with E-state index in [1.165, 1.54) is 5.69 Å². The lowest BCUT2D eigenvalue weighted by Crippen LogP contribution is -2.53. The Morgan fingerprint density at radius 3 is 2.21 bits per heavy atom. The summed E-state index contributed by atoms with van der Waals surface area (Å²) in [6, 6.07) is 8.40. The number of thiocarbonyl (C=S) groups is 1. The molecule has 0 aliphatic carbocycles. The first-order chi connectivity index (χ1) is 8.80. The third-order valence-corrected chi connectivity index (χ3v) is 3.46. The number of anilines is 2. The van der Waals surface area contributed by atoms with Gasteiger partial charge in [0, 0.05) is 31.2 Å². The van der Waals surface area contributed by atoms with Gasteiger partial charge in [0.15, 0.2) is 5.11 Å². The lowest BCUT2D eigenvalue weighted by Gasteiger charge is -2.38. The number of nitrogens with zero attached hydrogens (tertiary/aromatic N) is 2. The minimum atomic E-state index is -0.0821. The normalized spacial score (nSPS) is 17.8. The largest absolute Gasteiger partial charge is 0.378 e. The molecule has 1 aromatic carbocycles. The molecule has 0 unspecified atom stereocenters. The zero-order chi connectivity index (χ0) is 14.2. The van der Waals surface area contributed by atoms with Gasteiger partial charge in [0.1, 0.15) is 0 Å². The van der Waals surface area contributed by atoms with Gasteiger partial charge in [0.2, 0.25) is 0 Å². The number of benzene rings is 1. The summed E-state index contributed by atoms with van der Waals surface area (Å²) in [7, 11) is 4.07. The van der Waals surface area contributed by atoms with Crippen LogP contribution in [0.25, 0.3) is 0 Å². The van der Waals surface area contributed by atoms with Gasteiger partial charge in [-0.25, -0.2) is 0 Å². The molecule has 102 valence electrons. The van der Waals surface area contributed by atoms with Crippen LogP contribution in [-0.4, -0.2) is 24.7 Å². The van der Waals surface area contributed by atoms with Crippen molar-refractivity contribution in [2.45, 2.75) is 26.3 Å². The maximum Gasteiger partial charge on any atom is 0.178 e. The molecular formula is C15H21N3S. The van der Waals surface area contributed by atoms with Crippen LogP contribution in [0.1, 0.15) is 20.8 Å². The maximum atomic E-state index is 5.48. The fourth-order valence-electron chi connectivity index (χ4n) is 2.34. The van der Waals surface area contributed by atoms with E-state index in [9.17, 15) is 0 Å². The van der Waals surface area contributed by atoms with E-state index in [-0.39, 0.29) is 5.54 Å². The number of nitrogens with one attached hydrogen (secondary N) is 1. The quantitative estimate of drug-likeness (QED) is 0.836. The molecule has 0 saturated heterocycles. The third kappa shape index (κ3) is 2.89. The van der Waals surface area contributed by atoms with Crippen molar-refractivity contribution in [3.8, 4) is 0 Å². The van der Waals surface area contributed by atoms with Crippen LogP contribution < -0.4 is 15.1 Å². The first-order valence-electron chi connectivity index (χ1n) is 6.39. The molecule has 0 amide bonds. The molecule has 0 fully saturated rings. The molecule has 2 rings (SSSR count). The summed E-state index contributed by atoms with van der Waals surface area (Å²) in [5.74, 6) is 0. The van der Waals surface area contributed by atoms with Crippen LogP contribution >= 0.6 is 12.2 Å². The van der Waals surface area contributed by atoms with Crippen molar-refractivity contribution < 1.29 is 0 Å². The summed E-state index contributed by atoms with van der Waals surface area (Å²) in [6.45, 7) is 6.33. The molecule has 0 bridgehead atoms. The number of hydrogen-bond acceptors (Lipinski definition) is 2. The Bertz CT molecular complexity index is 515. The summed E-state index contributed by atoms with van der Waals surface area (Å²) < 4.78 is 0. The Morgan fingerprint density at radius 2 is 1.74 bits per heavy atom. The summed E-state index contributed by atoms with van der Waals surface area (Å²) in [5, 5.41) is 4.09. The summed E-state index contributed by atoms with van der Waals surface area (Å²) in [4.78, 5) is 4.16. The first-order valence-corrected chi connectivity index (χ1v) is 6.80. The Morgan fingerprint density at radius 1 is 1.16 bits per heavy atom. The fourth-order valence-corrected chi connectivity index (χ4v) is 2.85. The molecule has 1 aromatic rings. The van der Waals surface area contributed by atoms with Gasteiger partial charge in [-0.2, -0.15) is 0 Å². The molecule has 1 N–H and O–H groups in total. The lowest BCUT2D eigenvalue weighted by molar-refractivity contribution is 0.560. The van der Waals surface area contributed by atoms with Gasteiger partial charge in [-0.1, -0.05) is 0 Å². The predicted molar refractivity (Wildman–Crippen MR) is 86.8 cm³/mol. The van der Waals surface area contributed by atoms with Crippen molar-refractivity contribution in [3.05, 3.63) is 36.0 Å². The van der Waals surface area contributed by atoms with Crippen LogP contribution in [0.4, 0.5) is 11.4 Å². The Balaban J connectivity index is 2.34. The van der Waals surface area contributed by atoms with E-state index in [0.29, 0.717) is 0 Å². The van der Waals surface area contributed by atoms with Gasteiger partial charge in [-0.05, 0) is 63.3 Å². The number of hydrogen-bond donors (Lipinski definition) is 1. The second-order valence-corrected chi connectivity index (χ2v) is 6.07. The van der Waals surface area contributed by atoms with Gasteiger partial charge in [-0.15, -0.1) is 0 Å². The number of rotatable bonds is 2. The average molecular weight is 275 g/mol. The standard InChI is InChI=1S/C15H21N3S/c1-11-10-15(2,3)16-14(19)18(11)13-8-6-12(7-9-13)17(4)5/h6-10H,1-5H3,(H,16,19). The smallest absolute Gasteiger partial charge is 0.178 e. The molecule has 0 radical (unpaired) electrons. The second-order valence-electron chi connectivity index (χ2n) is 5.68. The minimum absolute atomic E-state index is 0.0821. The molecule has 1 aliphatic heterocycles. The van der Waals surface area contributed by atoms with E-state index in [1.807, 2.05) is 14.1 Å². The topological polar surface area (TPSA) is 18.5 Å². The SMILES string of the molecule is CC1=CC(C)(C)NC(=S)N1c1ccc(N(C)C)cc1. The maximum absolute atomic E-state index is 5.48. The van der Waals surface area contributed by atoms with Crippen LogP contribution in [0.15, 0.2) is 36.0 Å². The van der Waals surface area contributed by atoms with Crippen molar-refractivity contribution >= 4 is 28.7 Å². The highest BCUT2D eigenvalue weighted by Gasteiger charge is 2.27. The van der Waals surface area contributed by atoms with E-state index in [1.54, 1.807) is 0 Å². The zero-order valence-electron chi connectivity index (χ0n) is 12.2. The van der Waals surface area contributed by atoms with Gasteiger partial charge in [0.05, 0.1) is 5.54 Å². The van der Waals surface area contributed by atoms with Gasteiger partial charge in [-0.3, -0.25) is 4.90 Å². The molecule has 1 heterocycles. The summed E-state index contributed by atoms with van der Waals surface area (Å²) in [6.07, 6.45) is 2.20. The number of allylic oxidation sites excluding steroid dienone is 1. The van der Waals surface area contributed by atoms with Gasteiger partial charge in [0.25, 0.3) is 0 Å². The molecule has 19 heavy (non-hydrogen) atoms. The summed E-state index contributed by atoms with van der Waals surface area (Å²) in [5.41, 5.74) is 3.35. The Labute approximate surface area is 120 Å². The third-order valence-electron chi connectivity index (χ3n) is 3.18. The van der Waals surface area contributed by atoms with Crippen molar-refractivity contribution in [1.29, 1.82) is 0 Å². The van der Waals surface area contributed by atoms with E-state index in [2.05, 4.69) is 66.2 Å². The van der Waals surface area contributed by atoms with Crippen molar-refractivity contribution in [3.63, 3.8) is 0 Å². The Kier molecular flexibility index (Phi) is 3.54. The monoisotopic (exact) mass is 275 g/mol. The van der Waals surface area contributed by atoms with Gasteiger partial charge >= 0.3 is 0 Å². The van der Waals surface area contributed by atoms with Crippen LogP contribution in [0.2, 0.25) is 0 Å². The fraction of sp³-hybridized carbons (Fsp3) is 0.400. The molecule has 0 saturated carbocycles. The molecular weight excluding hydrogens is 254 g/mol. The van der Waals surface area contributed by atoms with Crippen molar-refractivity contribution in [2.75, 3.05) is 23.9 Å². The average Bonchev–Trinajstić information content (AvgIpc) is 2.26. The molecule has 0 spiro atoms. The highest BCUT2D eigenvalue weighted by atomic mass is 32.1. The van der Waals surface area contributed by atoms with Crippen molar-refractivity contribution in [2.24, 2.45) is 0 Å². The van der Waals surface area contributed by atoms with Gasteiger partial charge < -0.3 is 10.2 Å². The van der Waals surface area contributed by atoms with Crippen LogP contribution in [0.3, 0.4) is 0 Å². The highest BCUT2D eigenvalue weighted by molar-refractivity contribution is 7.80. The van der Waals surface area contributed by atoms with Crippen LogP contribution in [-0.2, 0) is 0 Å². The molecule has 3 nitrogen and oxygen atoms in total. The zero-order valence-corrected chi connectivity index (χ0v) is 13.0. The predicted octanol–water partition coefficient (Wildman–Crippen LogP) is 3.13. The molecule has 0 atom stereocenters. The molecule has 4 heteroatoms. The highest BCUT2D eigenvalue weighted by Crippen LogP contribution is 2.27. The van der Waals surface area contributed by atoms with Crippen molar-refractivity contribution in [1.82, 2.24) is 5.32 Å². The van der Waals surface area contributed by atoms with E-state index >= 15 is 0 Å².